The molecule has 1 aliphatic rings. The fraction of sp³-hybridized carbons (Fsp3) is 0.600. The normalized spacial score (nSPS) is 24.1. The van der Waals surface area contributed by atoms with Crippen LogP contribution in [0.4, 0.5) is 0 Å². The molecule has 2 atom stereocenters. The topological polar surface area (TPSA) is 99.5 Å². The van der Waals surface area contributed by atoms with Crippen molar-refractivity contribution in [1.29, 1.82) is 0 Å². The van der Waals surface area contributed by atoms with Crippen LogP contribution in [0.2, 0.25) is 0 Å². The molecule has 2 heterocycles. The molecule has 0 amide bonds. The van der Waals surface area contributed by atoms with E-state index < -0.39 is 17.5 Å². The smallest absolute Gasteiger partial charge is 0.351 e. The van der Waals surface area contributed by atoms with Crippen molar-refractivity contribution in [3.05, 3.63) is 32.6 Å². The first kappa shape index (κ1) is 11.9. The molecule has 1 aromatic heterocycles. The number of rotatable bonds is 2. The van der Waals surface area contributed by atoms with Gasteiger partial charge in [0.05, 0.1) is 12.7 Å². The minimum absolute atomic E-state index is 0.0769. The Kier molecular flexibility index (Phi) is 3.03. The van der Waals surface area contributed by atoms with Crippen molar-refractivity contribution >= 4 is 0 Å². The van der Waals surface area contributed by atoms with Crippen LogP contribution in [0.15, 0.2) is 15.8 Å². The maximum absolute atomic E-state index is 11.8. The molecule has 94 valence electrons. The lowest BCUT2D eigenvalue weighted by molar-refractivity contribution is -0.0251. The van der Waals surface area contributed by atoms with Crippen LogP contribution in [0.1, 0.15) is 24.6 Å². The van der Waals surface area contributed by atoms with Gasteiger partial charge in [-0.3, -0.25) is 9.36 Å². The third kappa shape index (κ3) is 1.98. The molecule has 0 bridgehead atoms. The van der Waals surface area contributed by atoms with Crippen molar-refractivity contribution in [2.45, 2.75) is 32.1 Å². The molecule has 0 aliphatic carbocycles. The van der Waals surface area contributed by atoms with Gasteiger partial charge in [0.15, 0.2) is 0 Å². The van der Waals surface area contributed by atoms with Gasteiger partial charge in [0.1, 0.15) is 6.23 Å². The van der Waals surface area contributed by atoms with Crippen LogP contribution in [0.3, 0.4) is 0 Å². The van der Waals surface area contributed by atoms with Gasteiger partial charge >= 0.3 is 5.69 Å². The van der Waals surface area contributed by atoms with Gasteiger partial charge in [-0.2, -0.15) is 4.68 Å². The minimum Gasteiger partial charge on any atom is -0.394 e. The van der Waals surface area contributed by atoms with E-state index in [9.17, 15) is 9.59 Å². The van der Waals surface area contributed by atoms with Crippen molar-refractivity contribution in [3.8, 4) is 0 Å². The number of nitrogens with two attached hydrogens (primary N) is 1. The lowest BCUT2D eigenvalue weighted by Gasteiger charge is -2.16. The average molecular weight is 241 g/mol. The third-order valence-electron chi connectivity index (χ3n) is 2.91. The molecular formula is C10H15N3O4. The summed E-state index contributed by atoms with van der Waals surface area (Å²) in [7, 11) is 0. The maximum Gasteiger partial charge on any atom is 0.351 e. The molecule has 0 aromatic carbocycles. The van der Waals surface area contributed by atoms with Crippen LogP contribution in [0.5, 0.6) is 0 Å². The van der Waals surface area contributed by atoms with Crippen molar-refractivity contribution in [1.82, 2.24) is 9.24 Å². The minimum atomic E-state index is -0.607. The van der Waals surface area contributed by atoms with Crippen LogP contribution >= 0.6 is 0 Å². The third-order valence-corrected chi connectivity index (χ3v) is 2.91. The second-order valence-corrected chi connectivity index (χ2v) is 4.15. The standard InChI is InChI=1S/C10H15N3O4/c1-6-4-12(10(16)13(11)9(6)15)8-3-2-7(5-14)17-8/h4,7-8,14H,2-3,5,11H2,1H3/t7-,8+/m0/s1. The lowest BCUT2D eigenvalue weighted by atomic mass is 10.2. The number of hydrogen-bond donors (Lipinski definition) is 2. The molecule has 1 aliphatic heterocycles. The maximum atomic E-state index is 11.8. The first-order valence-electron chi connectivity index (χ1n) is 5.40. The average Bonchev–Trinajstić information content (AvgIpc) is 2.79. The van der Waals surface area contributed by atoms with Gasteiger partial charge in [-0.25, -0.2) is 4.79 Å². The first-order chi connectivity index (χ1) is 8.04. The summed E-state index contributed by atoms with van der Waals surface area (Å²) in [5.41, 5.74) is -0.740. The van der Waals surface area contributed by atoms with Gasteiger partial charge in [0, 0.05) is 11.8 Å². The van der Waals surface area contributed by atoms with Crippen LogP contribution in [-0.2, 0) is 4.74 Å². The molecule has 2 rings (SSSR count). The Labute approximate surface area is 97.0 Å². The van der Waals surface area contributed by atoms with E-state index >= 15 is 0 Å². The molecule has 0 radical (unpaired) electrons. The molecule has 7 heteroatoms. The largest absolute Gasteiger partial charge is 0.394 e. The Morgan fingerprint density at radius 2 is 2.24 bits per heavy atom. The van der Waals surface area contributed by atoms with Gasteiger partial charge in [-0.15, -0.1) is 0 Å². The van der Waals surface area contributed by atoms with Crippen LogP contribution in [-0.4, -0.2) is 27.1 Å². The quantitative estimate of drug-likeness (QED) is 0.627. The van der Waals surface area contributed by atoms with E-state index in [4.69, 9.17) is 15.7 Å². The van der Waals surface area contributed by atoms with Gasteiger partial charge in [-0.05, 0) is 19.8 Å². The molecule has 17 heavy (non-hydrogen) atoms. The molecule has 0 spiro atoms. The number of aliphatic hydroxyl groups excluding tert-OH is 1. The monoisotopic (exact) mass is 241 g/mol. The van der Waals surface area contributed by atoms with Gasteiger partial charge < -0.3 is 15.7 Å². The predicted molar refractivity (Wildman–Crippen MR) is 60.1 cm³/mol. The van der Waals surface area contributed by atoms with E-state index in [0.29, 0.717) is 23.1 Å². The fourth-order valence-corrected chi connectivity index (χ4v) is 1.95. The highest BCUT2D eigenvalue weighted by molar-refractivity contribution is 5.03. The molecular weight excluding hydrogens is 226 g/mol. The number of nitrogen functional groups attached to an aromatic ring is 1. The summed E-state index contributed by atoms with van der Waals surface area (Å²) in [6, 6.07) is 0. The number of hydrogen-bond acceptors (Lipinski definition) is 5. The van der Waals surface area contributed by atoms with E-state index in [0.717, 1.165) is 0 Å². The molecule has 0 saturated carbocycles. The van der Waals surface area contributed by atoms with Crippen molar-refractivity contribution in [3.63, 3.8) is 0 Å². The second kappa shape index (κ2) is 4.34. The summed E-state index contributed by atoms with van der Waals surface area (Å²) >= 11 is 0. The lowest BCUT2D eigenvalue weighted by Crippen LogP contribution is -2.46. The van der Waals surface area contributed by atoms with Gasteiger partial charge in [-0.1, -0.05) is 0 Å². The summed E-state index contributed by atoms with van der Waals surface area (Å²) in [6.45, 7) is 1.51. The second-order valence-electron chi connectivity index (χ2n) is 4.15. The summed E-state index contributed by atoms with van der Waals surface area (Å²) in [5.74, 6) is 5.38. The first-order valence-corrected chi connectivity index (χ1v) is 5.40. The van der Waals surface area contributed by atoms with Crippen LogP contribution in [0, 0.1) is 6.92 Å². The van der Waals surface area contributed by atoms with E-state index in [1.807, 2.05) is 0 Å². The Morgan fingerprint density at radius 1 is 1.53 bits per heavy atom. The number of aromatic nitrogens is 2. The summed E-state index contributed by atoms with van der Waals surface area (Å²) in [4.78, 5) is 23.2. The van der Waals surface area contributed by atoms with E-state index in [1.165, 1.54) is 10.8 Å². The zero-order valence-electron chi connectivity index (χ0n) is 9.50. The highest BCUT2D eigenvalue weighted by atomic mass is 16.5. The van der Waals surface area contributed by atoms with Crippen molar-refractivity contribution < 1.29 is 9.84 Å². The molecule has 3 N–H and O–H groups in total. The summed E-state index contributed by atoms with van der Waals surface area (Å²) in [5, 5.41) is 8.96. The number of nitrogens with zero attached hydrogens (tertiary/aromatic N) is 2. The summed E-state index contributed by atoms with van der Waals surface area (Å²) in [6.07, 6.45) is 2.01. The van der Waals surface area contributed by atoms with Gasteiger partial charge in [0.25, 0.3) is 5.56 Å². The van der Waals surface area contributed by atoms with E-state index in [2.05, 4.69) is 0 Å². The summed E-state index contributed by atoms with van der Waals surface area (Å²) < 4.78 is 7.34. The Balaban J connectivity index is 2.41. The predicted octanol–water partition coefficient (Wildman–Crippen LogP) is -1.30. The highest BCUT2D eigenvalue weighted by Gasteiger charge is 2.27. The molecule has 1 saturated heterocycles. The Hall–Kier alpha value is -1.60. The fourth-order valence-electron chi connectivity index (χ4n) is 1.95. The number of aryl methyl sites for hydroxylation is 1. The number of aliphatic hydroxyl groups is 1. The zero-order chi connectivity index (χ0) is 12.6. The van der Waals surface area contributed by atoms with Crippen molar-refractivity contribution in [2.24, 2.45) is 0 Å². The molecule has 1 fully saturated rings. The van der Waals surface area contributed by atoms with E-state index in [-0.39, 0.29) is 12.7 Å². The Bertz CT molecular complexity index is 533. The van der Waals surface area contributed by atoms with Gasteiger partial charge in [0.2, 0.25) is 0 Å². The van der Waals surface area contributed by atoms with Crippen LogP contribution < -0.4 is 17.1 Å². The molecule has 7 nitrogen and oxygen atoms in total. The van der Waals surface area contributed by atoms with Crippen LogP contribution in [0.25, 0.3) is 0 Å². The number of ether oxygens (including phenoxy) is 1. The molecule has 0 unspecified atom stereocenters. The Morgan fingerprint density at radius 3 is 2.82 bits per heavy atom. The molecule has 1 aromatic rings. The SMILES string of the molecule is Cc1cn([C@H]2CC[C@@H](CO)O2)c(=O)n(N)c1=O. The van der Waals surface area contributed by atoms with Crippen molar-refractivity contribution in [2.75, 3.05) is 12.4 Å². The zero-order valence-corrected chi connectivity index (χ0v) is 9.50. The highest BCUT2D eigenvalue weighted by Crippen LogP contribution is 2.26. The van der Waals surface area contributed by atoms with E-state index in [1.54, 1.807) is 6.92 Å².